The van der Waals surface area contributed by atoms with Crippen LogP contribution in [-0.2, 0) is 0 Å². The molecule has 1 aromatic carbocycles. The summed E-state index contributed by atoms with van der Waals surface area (Å²) in [5.74, 6) is 1.02. The summed E-state index contributed by atoms with van der Waals surface area (Å²) >= 11 is 0. The molecule has 0 atom stereocenters. The summed E-state index contributed by atoms with van der Waals surface area (Å²) in [4.78, 5) is 12.6. The molecule has 108 valence electrons. The molecular formula is C16H18N4O. The van der Waals surface area contributed by atoms with E-state index in [4.69, 9.17) is 0 Å². The lowest BCUT2D eigenvalue weighted by atomic mass is 10.1. The Morgan fingerprint density at radius 3 is 2.29 bits per heavy atom. The summed E-state index contributed by atoms with van der Waals surface area (Å²) in [6.45, 7) is 8.11. The first-order valence-corrected chi connectivity index (χ1v) is 7.02. The minimum atomic E-state index is -0.151. The smallest absolute Gasteiger partial charge is 0.280 e. The minimum Gasteiger partial charge on any atom is -0.280 e. The Labute approximate surface area is 122 Å². The van der Waals surface area contributed by atoms with Crippen LogP contribution < -0.4 is 5.56 Å². The van der Waals surface area contributed by atoms with E-state index in [1.807, 2.05) is 46.0 Å². The van der Waals surface area contributed by atoms with Gasteiger partial charge in [0.05, 0.1) is 0 Å². The van der Waals surface area contributed by atoms with Crippen molar-refractivity contribution in [3.05, 3.63) is 57.9 Å². The predicted molar refractivity (Wildman–Crippen MR) is 82.1 cm³/mol. The number of hydrogen-bond donors (Lipinski definition) is 0. The second-order valence-corrected chi connectivity index (χ2v) is 5.73. The molecule has 0 bridgehead atoms. The number of hydrogen-bond acceptors (Lipinski definition) is 3. The van der Waals surface area contributed by atoms with Gasteiger partial charge in [-0.05, 0) is 37.1 Å². The Bertz CT molecular complexity index is 853. The average molecular weight is 282 g/mol. The van der Waals surface area contributed by atoms with Gasteiger partial charge in [0.1, 0.15) is 5.82 Å². The summed E-state index contributed by atoms with van der Waals surface area (Å²) in [5.41, 5.74) is 3.32. The van der Waals surface area contributed by atoms with Crippen molar-refractivity contribution in [2.24, 2.45) is 0 Å². The van der Waals surface area contributed by atoms with Crippen LogP contribution >= 0.6 is 0 Å². The molecular weight excluding hydrogens is 264 g/mol. The molecule has 0 saturated carbocycles. The van der Waals surface area contributed by atoms with Crippen molar-refractivity contribution < 1.29 is 0 Å². The molecule has 0 unspecified atom stereocenters. The van der Waals surface area contributed by atoms with E-state index in [0.29, 0.717) is 5.65 Å². The van der Waals surface area contributed by atoms with Crippen molar-refractivity contribution in [3.8, 4) is 5.69 Å². The van der Waals surface area contributed by atoms with E-state index in [9.17, 15) is 4.79 Å². The Balaban J connectivity index is 2.26. The zero-order chi connectivity index (χ0) is 15.1. The number of aromatic nitrogens is 4. The number of rotatable bonds is 2. The zero-order valence-electron chi connectivity index (χ0n) is 12.7. The fourth-order valence-corrected chi connectivity index (χ4v) is 2.59. The van der Waals surface area contributed by atoms with Gasteiger partial charge in [-0.3, -0.25) is 13.8 Å². The first kappa shape index (κ1) is 13.5. The molecule has 5 heteroatoms. The Hall–Kier alpha value is -2.43. The highest BCUT2D eigenvalue weighted by Gasteiger charge is 2.13. The molecule has 3 rings (SSSR count). The normalized spacial score (nSPS) is 11.5. The molecule has 3 aromatic rings. The minimum absolute atomic E-state index is 0.151. The molecule has 5 nitrogen and oxygen atoms in total. The monoisotopic (exact) mass is 282 g/mol. The van der Waals surface area contributed by atoms with Gasteiger partial charge < -0.3 is 0 Å². The van der Waals surface area contributed by atoms with E-state index in [1.165, 1.54) is 0 Å². The molecule has 0 fully saturated rings. The largest absolute Gasteiger partial charge is 0.300 e. The van der Waals surface area contributed by atoms with Crippen molar-refractivity contribution in [1.29, 1.82) is 0 Å². The second-order valence-electron chi connectivity index (χ2n) is 5.73. The Kier molecular flexibility index (Phi) is 3.12. The van der Waals surface area contributed by atoms with E-state index in [-0.39, 0.29) is 11.5 Å². The molecule has 0 radical (unpaired) electrons. The summed E-state index contributed by atoms with van der Waals surface area (Å²) in [5, 5.41) is 8.18. The van der Waals surface area contributed by atoms with E-state index in [2.05, 4.69) is 16.3 Å². The standard InChI is InChI=1S/C16H18N4O/c1-10(2)14-17-18-15-16(21)19(5-6-20(14)15)13-8-11(3)7-12(4)9-13/h5-10H,1-4H3. The van der Waals surface area contributed by atoms with Gasteiger partial charge in [0.2, 0.25) is 5.65 Å². The van der Waals surface area contributed by atoms with Gasteiger partial charge in [-0.15, -0.1) is 10.2 Å². The maximum atomic E-state index is 12.6. The lowest BCUT2D eigenvalue weighted by Gasteiger charge is -2.09. The van der Waals surface area contributed by atoms with Crippen LogP contribution in [0.2, 0.25) is 0 Å². The first-order chi connectivity index (χ1) is 9.97. The molecule has 21 heavy (non-hydrogen) atoms. The summed E-state index contributed by atoms with van der Waals surface area (Å²) in [6.07, 6.45) is 3.63. The topological polar surface area (TPSA) is 52.2 Å². The molecule has 0 N–H and O–H groups in total. The molecule has 0 amide bonds. The average Bonchev–Trinajstić information content (AvgIpc) is 2.82. The maximum absolute atomic E-state index is 12.6. The van der Waals surface area contributed by atoms with Crippen molar-refractivity contribution >= 4 is 5.65 Å². The number of benzene rings is 1. The third-order valence-corrected chi connectivity index (χ3v) is 3.50. The zero-order valence-corrected chi connectivity index (χ0v) is 12.7. The van der Waals surface area contributed by atoms with Gasteiger partial charge in [-0.2, -0.15) is 0 Å². The van der Waals surface area contributed by atoms with Crippen LogP contribution in [-0.4, -0.2) is 19.2 Å². The van der Waals surface area contributed by atoms with Crippen LogP contribution in [0.1, 0.15) is 36.7 Å². The molecule has 0 aliphatic heterocycles. The SMILES string of the molecule is Cc1cc(C)cc(-n2ccn3c(C(C)C)nnc3c2=O)c1. The molecule has 0 saturated heterocycles. The van der Waals surface area contributed by atoms with Crippen LogP contribution in [0.15, 0.2) is 35.4 Å². The van der Waals surface area contributed by atoms with Crippen LogP contribution in [0.4, 0.5) is 0 Å². The second kappa shape index (κ2) is 4.84. The summed E-state index contributed by atoms with van der Waals surface area (Å²) in [6, 6.07) is 6.07. The van der Waals surface area contributed by atoms with E-state index < -0.39 is 0 Å². The van der Waals surface area contributed by atoms with Gasteiger partial charge in [0, 0.05) is 24.0 Å². The fourth-order valence-electron chi connectivity index (χ4n) is 2.59. The van der Waals surface area contributed by atoms with Crippen LogP contribution in [0, 0.1) is 13.8 Å². The highest BCUT2D eigenvalue weighted by Crippen LogP contribution is 2.14. The van der Waals surface area contributed by atoms with Gasteiger partial charge in [0.15, 0.2) is 0 Å². The van der Waals surface area contributed by atoms with Gasteiger partial charge in [-0.25, -0.2) is 0 Å². The lowest BCUT2D eigenvalue weighted by Crippen LogP contribution is -2.20. The third kappa shape index (κ3) is 2.24. The van der Waals surface area contributed by atoms with Gasteiger partial charge in [0.25, 0.3) is 0 Å². The highest BCUT2D eigenvalue weighted by molar-refractivity contribution is 5.44. The molecule has 0 aliphatic rings. The number of nitrogens with zero attached hydrogens (tertiary/aromatic N) is 4. The van der Waals surface area contributed by atoms with E-state index in [1.54, 1.807) is 15.2 Å². The number of fused-ring (bicyclic) bond motifs is 1. The number of aryl methyl sites for hydroxylation is 2. The predicted octanol–water partition coefficient (Wildman–Crippen LogP) is 2.62. The van der Waals surface area contributed by atoms with Crippen LogP contribution in [0.5, 0.6) is 0 Å². The maximum Gasteiger partial charge on any atom is 0.300 e. The fraction of sp³-hybridized carbons (Fsp3) is 0.312. The molecule has 2 heterocycles. The highest BCUT2D eigenvalue weighted by atomic mass is 16.1. The Morgan fingerprint density at radius 1 is 1.00 bits per heavy atom. The Morgan fingerprint density at radius 2 is 1.67 bits per heavy atom. The quantitative estimate of drug-likeness (QED) is 0.726. The van der Waals surface area contributed by atoms with Crippen molar-refractivity contribution in [2.45, 2.75) is 33.6 Å². The van der Waals surface area contributed by atoms with Crippen molar-refractivity contribution in [1.82, 2.24) is 19.2 Å². The summed E-state index contributed by atoms with van der Waals surface area (Å²) in [7, 11) is 0. The lowest BCUT2D eigenvalue weighted by molar-refractivity contribution is 0.756. The van der Waals surface area contributed by atoms with E-state index >= 15 is 0 Å². The van der Waals surface area contributed by atoms with Crippen molar-refractivity contribution in [3.63, 3.8) is 0 Å². The first-order valence-electron chi connectivity index (χ1n) is 7.02. The third-order valence-electron chi connectivity index (χ3n) is 3.50. The van der Waals surface area contributed by atoms with E-state index in [0.717, 1.165) is 22.6 Å². The molecule has 0 aliphatic carbocycles. The summed E-state index contributed by atoms with van der Waals surface area (Å²) < 4.78 is 3.39. The molecule has 2 aromatic heterocycles. The van der Waals surface area contributed by atoms with Gasteiger partial charge in [-0.1, -0.05) is 19.9 Å². The van der Waals surface area contributed by atoms with Crippen molar-refractivity contribution in [2.75, 3.05) is 0 Å². The van der Waals surface area contributed by atoms with Crippen LogP contribution in [0.3, 0.4) is 0 Å². The molecule has 0 spiro atoms. The van der Waals surface area contributed by atoms with Crippen LogP contribution in [0.25, 0.3) is 11.3 Å². The van der Waals surface area contributed by atoms with Gasteiger partial charge >= 0.3 is 5.56 Å².